The zero-order chi connectivity index (χ0) is 19.6. The fraction of sp³-hybridized carbons (Fsp3) is 0.130. The van der Waals surface area contributed by atoms with Gasteiger partial charge in [-0.15, -0.1) is 0 Å². The summed E-state index contributed by atoms with van der Waals surface area (Å²) >= 11 is 0. The molecule has 0 fully saturated rings. The molecule has 2 N–H and O–H groups in total. The van der Waals surface area contributed by atoms with Gasteiger partial charge in [-0.1, -0.05) is 36.4 Å². The van der Waals surface area contributed by atoms with Gasteiger partial charge in [0.05, 0.1) is 11.1 Å². The second-order valence-electron chi connectivity index (χ2n) is 7.32. The Bertz CT molecular complexity index is 1230. The molecule has 3 heterocycles. The minimum absolute atomic E-state index is 0.274. The van der Waals surface area contributed by atoms with E-state index in [2.05, 4.69) is 9.97 Å². The lowest BCUT2D eigenvalue weighted by atomic mass is 9.95. The van der Waals surface area contributed by atoms with Gasteiger partial charge in [0.2, 0.25) is 0 Å². The molecule has 0 radical (unpaired) electrons. The van der Waals surface area contributed by atoms with Gasteiger partial charge in [-0.3, -0.25) is 14.5 Å². The van der Waals surface area contributed by atoms with Gasteiger partial charge in [0.15, 0.2) is 0 Å². The van der Waals surface area contributed by atoms with Crippen molar-refractivity contribution in [2.45, 2.75) is 13.8 Å². The Morgan fingerprint density at radius 3 is 1.57 bits per heavy atom. The van der Waals surface area contributed by atoms with E-state index in [4.69, 9.17) is 0 Å². The van der Waals surface area contributed by atoms with E-state index in [9.17, 15) is 9.59 Å². The van der Waals surface area contributed by atoms with E-state index in [1.54, 1.807) is 0 Å². The van der Waals surface area contributed by atoms with Crippen LogP contribution in [0.1, 0.15) is 22.3 Å². The molecule has 5 heteroatoms. The molecule has 28 heavy (non-hydrogen) atoms. The Hall–Kier alpha value is -3.60. The van der Waals surface area contributed by atoms with Gasteiger partial charge in [0.25, 0.3) is 11.8 Å². The molecule has 0 atom stereocenters. The van der Waals surface area contributed by atoms with Gasteiger partial charge >= 0.3 is 0 Å². The molecule has 0 spiro atoms. The van der Waals surface area contributed by atoms with Crippen molar-refractivity contribution in [1.29, 1.82) is 0 Å². The van der Waals surface area contributed by atoms with Crippen LogP contribution in [0.5, 0.6) is 0 Å². The molecular weight excluding hydrogens is 350 g/mol. The first kappa shape index (κ1) is 16.6. The second kappa shape index (κ2) is 5.70. The number of hydrogen-bond donors (Lipinski definition) is 2. The van der Waals surface area contributed by atoms with Crippen molar-refractivity contribution in [3.05, 3.63) is 71.0 Å². The number of aryl methyl sites for hydroxylation is 2. The maximum Gasteiger partial charge on any atom is 0.261 e. The number of nitrogens with zero attached hydrogens (tertiary/aromatic N) is 1. The van der Waals surface area contributed by atoms with Gasteiger partial charge in [-0.25, -0.2) is 0 Å². The number of benzene rings is 2. The first-order valence-corrected chi connectivity index (χ1v) is 9.20. The van der Waals surface area contributed by atoms with Crippen molar-refractivity contribution in [3.63, 3.8) is 0 Å². The summed E-state index contributed by atoms with van der Waals surface area (Å²) in [5.74, 6) is -0.547. The van der Waals surface area contributed by atoms with Crippen molar-refractivity contribution < 1.29 is 9.59 Å². The van der Waals surface area contributed by atoms with Gasteiger partial charge in [-0.2, -0.15) is 0 Å². The monoisotopic (exact) mass is 369 g/mol. The summed E-state index contributed by atoms with van der Waals surface area (Å²) in [6, 6.07) is 11.9. The summed E-state index contributed by atoms with van der Waals surface area (Å²) in [4.78, 5) is 33.9. The first-order valence-electron chi connectivity index (χ1n) is 9.20. The maximum absolute atomic E-state index is 13.1. The number of aromatic amines is 2. The Balaban J connectivity index is 1.87. The van der Waals surface area contributed by atoms with Crippen LogP contribution >= 0.6 is 0 Å². The summed E-state index contributed by atoms with van der Waals surface area (Å²) in [7, 11) is 1.54. The predicted molar refractivity (Wildman–Crippen MR) is 111 cm³/mol. The molecule has 0 bridgehead atoms. The van der Waals surface area contributed by atoms with E-state index in [0.29, 0.717) is 11.1 Å². The molecule has 2 aromatic carbocycles. The van der Waals surface area contributed by atoms with Crippen LogP contribution in [0.15, 0.2) is 48.8 Å². The average molecular weight is 369 g/mol. The molecule has 4 aromatic rings. The lowest BCUT2D eigenvalue weighted by Crippen LogP contribution is -2.26. The third-order valence-corrected chi connectivity index (χ3v) is 5.67. The van der Waals surface area contributed by atoms with Crippen molar-refractivity contribution in [3.8, 4) is 0 Å². The minimum Gasteiger partial charge on any atom is -0.360 e. The van der Waals surface area contributed by atoms with E-state index in [1.807, 2.05) is 62.6 Å². The Morgan fingerprint density at radius 1 is 0.714 bits per heavy atom. The molecule has 2 amide bonds. The molecule has 5 rings (SSSR count). The molecule has 5 nitrogen and oxygen atoms in total. The highest BCUT2D eigenvalue weighted by atomic mass is 16.2. The average Bonchev–Trinajstić information content (AvgIpc) is 3.35. The number of rotatable bonds is 2. The normalized spacial score (nSPS) is 14.9. The summed E-state index contributed by atoms with van der Waals surface area (Å²) in [5, 5.41) is 1.89. The van der Waals surface area contributed by atoms with Crippen LogP contribution in [0.2, 0.25) is 0 Å². The Morgan fingerprint density at radius 2 is 1.14 bits per heavy atom. The van der Waals surface area contributed by atoms with Crippen LogP contribution in [0.4, 0.5) is 0 Å². The van der Waals surface area contributed by atoms with Gasteiger partial charge in [0, 0.05) is 52.4 Å². The quantitative estimate of drug-likeness (QED) is 0.521. The molecule has 0 saturated heterocycles. The van der Waals surface area contributed by atoms with Crippen molar-refractivity contribution >= 4 is 44.8 Å². The summed E-state index contributed by atoms with van der Waals surface area (Å²) in [5.41, 5.74) is 6.58. The number of H-pyrrole nitrogens is 2. The van der Waals surface area contributed by atoms with E-state index < -0.39 is 0 Å². The third kappa shape index (κ3) is 2.07. The Labute approximate surface area is 161 Å². The smallest absolute Gasteiger partial charge is 0.261 e. The fourth-order valence-corrected chi connectivity index (χ4v) is 4.17. The molecule has 1 aliphatic rings. The number of carbonyl (C=O) groups is 2. The number of amides is 2. The van der Waals surface area contributed by atoms with Crippen LogP contribution in [-0.4, -0.2) is 33.7 Å². The SMILES string of the molecule is Cc1cccc2c(C3=C(c4c[nH]c5c(C)cccc45)C(=O)N(C)C3=O)c[nH]c12. The maximum atomic E-state index is 13.1. The van der Waals surface area contributed by atoms with Crippen LogP contribution in [0.3, 0.4) is 0 Å². The van der Waals surface area contributed by atoms with Gasteiger partial charge in [-0.05, 0) is 25.0 Å². The van der Waals surface area contributed by atoms with Crippen LogP contribution in [0.25, 0.3) is 33.0 Å². The van der Waals surface area contributed by atoms with E-state index in [1.165, 1.54) is 11.9 Å². The highest BCUT2D eigenvalue weighted by Gasteiger charge is 2.39. The number of carbonyl (C=O) groups excluding carboxylic acids is 2. The summed E-state index contributed by atoms with van der Waals surface area (Å²) < 4.78 is 0. The molecule has 138 valence electrons. The number of imide groups is 1. The number of nitrogens with one attached hydrogen (secondary N) is 2. The standard InChI is InChI=1S/C23H19N3O2/c1-12-6-4-8-14-16(10-24-20(12)14)18-19(23(28)26(3)22(18)27)17-11-25-21-13(2)7-5-9-15(17)21/h4-11,24-25H,1-3H3. The van der Waals surface area contributed by atoms with Gasteiger partial charge in [0.1, 0.15) is 0 Å². The lowest BCUT2D eigenvalue weighted by molar-refractivity contribution is -0.134. The first-order chi connectivity index (χ1) is 13.5. The van der Waals surface area contributed by atoms with Crippen LogP contribution < -0.4 is 0 Å². The van der Waals surface area contributed by atoms with Crippen LogP contribution in [0, 0.1) is 13.8 Å². The zero-order valence-corrected chi connectivity index (χ0v) is 15.9. The van der Waals surface area contributed by atoms with E-state index >= 15 is 0 Å². The van der Waals surface area contributed by atoms with E-state index in [0.717, 1.165) is 44.1 Å². The van der Waals surface area contributed by atoms with Crippen molar-refractivity contribution in [2.75, 3.05) is 7.05 Å². The molecule has 1 aliphatic heterocycles. The number of aromatic nitrogens is 2. The molecule has 0 unspecified atom stereocenters. The van der Waals surface area contributed by atoms with E-state index in [-0.39, 0.29) is 11.8 Å². The number of hydrogen-bond acceptors (Lipinski definition) is 2. The third-order valence-electron chi connectivity index (χ3n) is 5.67. The van der Waals surface area contributed by atoms with Gasteiger partial charge < -0.3 is 9.97 Å². The largest absolute Gasteiger partial charge is 0.360 e. The highest BCUT2D eigenvalue weighted by molar-refractivity contribution is 6.50. The lowest BCUT2D eigenvalue weighted by Gasteiger charge is -2.06. The molecule has 0 aliphatic carbocycles. The zero-order valence-electron chi connectivity index (χ0n) is 15.9. The Kier molecular flexibility index (Phi) is 3.37. The predicted octanol–water partition coefficient (Wildman–Crippen LogP) is 4.18. The van der Waals surface area contributed by atoms with Crippen molar-refractivity contribution in [2.24, 2.45) is 0 Å². The second-order valence-corrected chi connectivity index (χ2v) is 7.32. The highest BCUT2D eigenvalue weighted by Crippen LogP contribution is 2.40. The summed E-state index contributed by atoms with van der Waals surface area (Å²) in [6.07, 6.45) is 3.66. The van der Waals surface area contributed by atoms with Crippen molar-refractivity contribution in [1.82, 2.24) is 14.9 Å². The number of fused-ring (bicyclic) bond motifs is 2. The minimum atomic E-state index is -0.274. The topological polar surface area (TPSA) is 69.0 Å². The molecular formula is C23H19N3O2. The van der Waals surface area contributed by atoms with Crippen LogP contribution in [-0.2, 0) is 9.59 Å². The number of para-hydroxylation sites is 2. The fourth-order valence-electron chi connectivity index (χ4n) is 4.17. The number of likely N-dealkylation sites (N-methyl/N-ethyl adjacent to an activating group) is 1. The molecule has 2 aromatic heterocycles. The molecule has 0 saturated carbocycles. The summed E-state index contributed by atoms with van der Waals surface area (Å²) in [6.45, 7) is 4.04.